The lowest BCUT2D eigenvalue weighted by molar-refractivity contribution is 0.0463. The van der Waals surface area contributed by atoms with Crippen LogP contribution in [0.25, 0.3) is 10.2 Å². The van der Waals surface area contributed by atoms with Crippen molar-refractivity contribution in [1.29, 1.82) is 0 Å². The number of benzene rings is 1. The molecule has 2 heterocycles. The SMILES string of the molecule is COC(=O)c1ccc(Nc2ncnc3sc(C(=O)OCC(C)C)c(C)c23)cc1. The van der Waals surface area contributed by atoms with Gasteiger partial charge in [0.15, 0.2) is 0 Å². The Bertz CT molecular complexity index is 1010. The van der Waals surface area contributed by atoms with Gasteiger partial charge in [-0.05, 0) is 42.7 Å². The normalized spacial score (nSPS) is 10.9. The fourth-order valence-corrected chi connectivity index (χ4v) is 3.66. The molecule has 1 aromatic carbocycles. The van der Waals surface area contributed by atoms with Gasteiger partial charge in [-0.2, -0.15) is 0 Å². The van der Waals surface area contributed by atoms with Crippen molar-refractivity contribution in [1.82, 2.24) is 9.97 Å². The summed E-state index contributed by atoms with van der Waals surface area (Å²) in [5.41, 5.74) is 1.99. The number of nitrogens with one attached hydrogen (secondary N) is 1. The van der Waals surface area contributed by atoms with Gasteiger partial charge in [-0.25, -0.2) is 19.6 Å². The van der Waals surface area contributed by atoms with E-state index in [1.54, 1.807) is 24.3 Å². The van der Waals surface area contributed by atoms with Crippen molar-refractivity contribution in [2.24, 2.45) is 5.92 Å². The number of carbonyl (C=O) groups excluding carboxylic acids is 2. The molecule has 0 aliphatic carbocycles. The van der Waals surface area contributed by atoms with Crippen LogP contribution in [-0.2, 0) is 9.47 Å². The van der Waals surface area contributed by atoms with Crippen LogP contribution in [0.5, 0.6) is 0 Å². The van der Waals surface area contributed by atoms with Crippen molar-refractivity contribution >= 4 is 45.0 Å². The van der Waals surface area contributed by atoms with Crippen LogP contribution in [0, 0.1) is 12.8 Å². The van der Waals surface area contributed by atoms with E-state index in [2.05, 4.69) is 15.3 Å². The molecule has 146 valence electrons. The largest absolute Gasteiger partial charge is 0.465 e. The minimum absolute atomic E-state index is 0.267. The molecule has 28 heavy (non-hydrogen) atoms. The van der Waals surface area contributed by atoms with Crippen molar-refractivity contribution in [3.8, 4) is 0 Å². The lowest BCUT2D eigenvalue weighted by atomic mass is 10.2. The topological polar surface area (TPSA) is 90.4 Å². The van der Waals surface area contributed by atoms with Gasteiger partial charge in [0, 0.05) is 5.69 Å². The van der Waals surface area contributed by atoms with Crippen molar-refractivity contribution in [2.45, 2.75) is 20.8 Å². The number of thiophene rings is 1. The van der Waals surface area contributed by atoms with Crippen molar-refractivity contribution in [3.63, 3.8) is 0 Å². The molecule has 0 saturated heterocycles. The fourth-order valence-electron chi connectivity index (χ4n) is 2.61. The fraction of sp³-hybridized carbons (Fsp3) is 0.300. The molecule has 7 nitrogen and oxygen atoms in total. The molecule has 0 saturated carbocycles. The lowest BCUT2D eigenvalue weighted by Crippen LogP contribution is -2.09. The number of rotatable bonds is 6. The van der Waals surface area contributed by atoms with Gasteiger partial charge in [0.2, 0.25) is 0 Å². The minimum atomic E-state index is -0.394. The average Bonchev–Trinajstić information content (AvgIpc) is 3.04. The molecule has 0 atom stereocenters. The first-order valence-corrected chi connectivity index (χ1v) is 9.59. The highest BCUT2D eigenvalue weighted by molar-refractivity contribution is 7.20. The van der Waals surface area contributed by atoms with Gasteiger partial charge in [-0.3, -0.25) is 0 Å². The first-order valence-electron chi connectivity index (χ1n) is 8.77. The third-order valence-electron chi connectivity index (χ3n) is 4.03. The Hall–Kier alpha value is -3.00. The van der Waals surface area contributed by atoms with Gasteiger partial charge >= 0.3 is 11.9 Å². The van der Waals surface area contributed by atoms with Crippen LogP contribution < -0.4 is 5.32 Å². The van der Waals surface area contributed by atoms with E-state index >= 15 is 0 Å². The Morgan fingerprint density at radius 3 is 2.50 bits per heavy atom. The summed E-state index contributed by atoms with van der Waals surface area (Å²) in [7, 11) is 1.34. The molecule has 0 bridgehead atoms. The maximum absolute atomic E-state index is 12.4. The molecule has 2 aromatic heterocycles. The number of fused-ring (bicyclic) bond motifs is 1. The van der Waals surface area contributed by atoms with Crippen LogP contribution >= 0.6 is 11.3 Å². The third-order valence-corrected chi connectivity index (χ3v) is 5.21. The van der Waals surface area contributed by atoms with Gasteiger partial charge in [0.25, 0.3) is 0 Å². The lowest BCUT2D eigenvalue weighted by Gasteiger charge is -2.08. The highest BCUT2D eigenvalue weighted by atomic mass is 32.1. The number of hydrogen-bond donors (Lipinski definition) is 1. The van der Waals surface area contributed by atoms with Crippen LogP contribution in [0.15, 0.2) is 30.6 Å². The number of aromatic nitrogens is 2. The smallest absolute Gasteiger partial charge is 0.348 e. The second kappa shape index (κ2) is 8.35. The summed E-state index contributed by atoms with van der Waals surface area (Å²) in [5.74, 6) is 0.118. The molecule has 1 N–H and O–H groups in total. The molecular formula is C20H21N3O4S. The van der Waals surface area contributed by atoms with Crippen molar-refractivity contribution in [2.75, 3.05) is 19.0 Å². The molecule has 0 aliphatic rings. The quantitative estimate of drug-likeness (QED) is 0.617. The predicted molar refractivity (Wildman–Crippen MR) is 108 cm³/mol. The molecule has 0 amide bonds. The molecular weight excluding hydrogens is 378 g/mol. The van der Waals surface area contributed by atoms with Gasteiger partial charge in [0.05, 0.1) is 24.7 Å². The molecule has 3 rings (SSSR count). The Morgan fingerprint density at radius 2 is 1.86 bits per heavy atom. The Balaban J connectivity index is 1.90. The summed E-state index contributed by atoms with van der Waals surface area (Å²) < 4.78 is 10.1. The van der Waals surface area contributed by atoms with Crippen LogP contribution in [0.4, 0.5) is 11.5 Å². The summed E-state index contributed by atoms with van der Waals surface area (Å²) in [6, 6.07) is 6.86. The van der Waals surface area contributed by atoms with Gasteiger partial charge < -0.3 is 14.8 Å². The highest BCUT2D eigenvalue weighted by Crippen LogP contribution is 2.34. The van der Waals surface area contributed by atoms with Gasteiger partial charge in [0.1, 0.15) is 21.9 Å². The van der Waals surface area contributed by atoms with E-state index in [0.717, 1.165) is 16.6 Å². The Morgan fingerprint density at radius 1 is 1.14 bits per heavy atom. The second-order valence-electron chi connectivity index (χ2n) is 6.64. The van der Waals surface area contributed by atoms with E-state index in [9.17, 15) is 9.59 Å². The van der Waals surface area contributed by atoms with E-state index in [4.69, 9.17) is 9.47 Å². The molecule has 0 unspecified atom stereocenters. The van der Waals surface area contributed by atoms with Crippen LogP contribution in [0.3, 0.4) is 0 Å². The van der Waals surface area contributed by atoms with E-state index in [1.807, 2.05) is 20.8 Å². The number of methoxy groups -OCH3 is 1. The molecule has 0 spiro atoms. The van der Waals surface area contributed by atoms with E-state index < -0.39 is 5.97 Å². The molecule has 0 fully saturated rings. The van der Waals surface area contributed by atoms with Crippen LogP contribution in [-0.4, -0.2) is 35.6 Å². The number of hydrogen-bond acceptors (Lipinski definition) is 8. The minimum Gasteiger partial charge on any atom is -0.465 e. The van der Waals surface area contributed by atoms with Crippen molar-refractivity contribution < 1.29 is 19.1 Å². The first-order chi connectivity index (χ1) is 13.4. The van der Waals surface area contributed by atoms with E-state index in [1.165, 1.54) is 24.8 Å². The number of nitrogens with zero attached hydrogens (tertiary/aromatic N) is 2. The maximum atomic E-state index is 12.4. The van der Waals surface area contributed by atoms with Crippen molar-refractivity contribution in [3.05, 3.63) is 46.6 Å². The molecule has 8 heteroatoms. The highest BCUT2D eigenvalue weighted by Gasteiger charge is 2.21. The predicted octanol–water partition coefficient (Wildman–Crippen LogP) is 4.34. The zero-order valence-corrected chi connectivity index (χ0v) is 16.9. The van der Waals surface area contributed by atoms with E-state index in [0.29, 0.717) is 27.7 Å². The number of carbonyl (C=O) groups is 2. The zero-order chi connectivity index (χ0) is 20.3. The standard InChI is InChI=1S/C20H21N3O4S/c1-11(2)9-27-20(25)16-12(3)15-17(21-10-22-18(15)28-16)23-14-7-5-13(6-8-14)19(24)26-4/h5-8,10-11H,9H2,1-4H3,(H,21,22,23). The average molecular weight is 399 g/mol. The summed E-state index contributed by atoms with van der Waals surface area (Å²) in [5, 5.41) is 4.00. The molecule has 3 aromatic rings. The number of ether oxygens (including phenoxy) is 2. The van der Waals surface area contributed by atoms with Crippen LogP contribution in [0.2, 0.25) is 0 Å². The monoisotopic (exact) mass is 399 g/mol. The summed E-state index contributed by atoms with van der Waals surface area (Å²) >= 11 is 1.29. The number of aryl methyl sites for hydroxylation is 1. The summed E-state index contributed by atoms with van der Waals surface area (Å²) in [4.78, 5) is 33.8. The zero-order valence-electron chi connectivity index (χ0n) is 16.1. The summed E-state index contributed by atoms with van der Waals surface area (Å²) in [6.07, 6.45) is 1.45. The number of esters is 2. The van der Waals surface area contributed by atoms with Gasteiger partial charge in [-0.1, -0.05) is 13.8 Å². The summed E-state index contributed by atoms with van der Waals surface area (Å²) in [6.45, 7) is 6.21. The Kier molecular flexibility index (Phi) is 5.89. The molecule has 0 aliphatic heterocycles. The maximum Gasteiger partial charge on any atom is 0.348 e. The second-order valence-corrected chi connectivity index (χ2v) is 7.64. The first kappa shape index (κ1) is 19.8. The number of anilines is 2. The van der Waals surface area contributed by atoms with Gasteiger partial charge in [-0.15, -0.1) is 11.3 Å². The Labute approximate surface area is 166 Å². The van der Waals surface area contributed by atoms with Crippen LogP contribution in [0.1, 0.15) is 39.4 Å². The third kappa shape index (κ3) is 4.12. The van der Waals surface area contributed by atoms with E-state index in [-0.39, 0.29) is 11.9 Å². The molecule has 0 radical (unpaired) electrons.